The highest BCUT2D eigenvalue weighted by atomic mass is 35.7. The molecule has 1 heterocycles. The van der Waals surface area contributed by atoms with Crippen molar-refractivity contribution >= 4 is 29.6 Å². The summed E-state index contributed by atoms with van der Waals surface area (Å²) in [6.07, 6.45) is 15.5. The monoisotopic (exact) mass is 319 g/mol. The molecule has 0 radical (unpaired) electrons. The number of fused-ring (bicyclic) bond motifs is 1. The number of hydrogen-bond acceptors (Lipinski definition) is 1. The van der Waals surface area contributed by atoms with Gasteiger partial charge in [-0.25, -0.2) is 0 Å². The number of nitrogens with zero attached hydrogens (tertiary/aromatic N) is 1. The molecule has 3 rings (SSSR count). The third-order valence-electron chi connectivity index (χ3n) is 5.76. The number of hydrogen-bond donors (Lipinski definition) is 0. The molecule has 3 unspecified atom stereocenters. The minimum atomic E-state index is -1.58. The molecular formula is C15H27Cl2NSi. The first-order valence-electron chi connectivity index (χ1n) is 8.33. The van der Waals surface area contributed by atoms with Crippen LogP contribution in [-0.4, -0.2) is 30.1 Å². The fourth-order valence-corrected chi connectivity index (χ4v) is 7.58. The first-order chi connectivity index (χ1) is 9.27. The van der Waals surface area contributed by atoms with Gasteiger partial charge in [0.05, 0.1) is 0 Å². The topological polar surface area (TPSA) is 3.24 Å². The van der Waals surface area contributed by atoms with Crippen molar-refractivity contribution in [3.05, 3.63) is 0 Å². The van der Waals surface area contributed by atoms with Gasteiger partial charge in [-0.1, -0.05) is 32.1 Å². The molecule has 3 aliphatic rings. The lowest BCUT2D eigenvalue weighted by Gasteiger charge is -2.53. The van der Waals surface area contributed by atoms with E-state index in [1.54, 1.807) is 0 Å². The lowest BCUT2D eigenvalue weighted by molar-refractivity contribution is -0.00270. The smallest absolute Gasteiger partial charge is 0.253 e. The van der Waals surface area contributed by atoms with Gasteiger partial charge in [0.1, 0.15) is 0 Å². The molecule has 0 spiro atoms. The number of piperidine rings is 1. The van der Waals surface area contributed by atoms with Crippen molar-refractivity contribution in [3.8, 4) is 0 Å². The summed E-state index contributed by atoms with van der Waals surface area (Å²) in [5, 5.41) is 0. The van der Waals surface area contributed by atoms with E-state index < -0.39 is 7.42 Å². The van der Waals surface area contributed by atoms with Crippen molar-refractivity contribution in [1.82, 2.24) is 4.90 Å². The summed E-state index contributed by atoms with van der Waals surface area (Å²) in [5.41, 5.74) is 0.561. The molecule has 110 valence electrons. The van der Waals surface area contributed by atoms with Gasteiger partial charge in [-0.2, -0.15) is 0 Å². The third-order valence-corrected chi connectivity index (χ3v) is 8.76. The second-order valence-corrected chi connectivity index (χ2v) is 11.8. The Hall–Kier alpha value is 0.757. The normalized spacial score (nSPS) is 38.4. The van der Waals surface area contributed by atoms with Crippen LogP contribution in [-0.2, 0) is 0 Å². The summed E-state index contributed by atoms with van der Waals surface area (Å²) in [5.74, 6) is 0.952. The van der Waals surface area contributed by atoms with Crippen molar-refractivity contribution in [2.45, 2.75) is 88.4 Å². The van der Waals surface area contributed by atoms with E-state index in [4.69, 9.17) is 22.2 Å². The number of rotatable bonds is 2. The molecule has 3 atom stereocenters. The number of halogens is 2. The summed E-state index contributed by atoms with van der Waals surface area (Å²) in [7, 11) is -1.58. The molecule has 0 aromatic carbocycles. The highest BCUT2D eigenvalue weighted by molar-refractivity contribution is 7.34. The van der Waals surface area contributed by atoms with Crippen LogP contribution in [0.15, 0.2) is 0 Å². The Bertz CT molecular complexity index is 294. The van der Waals surface area contributed by atoms with Gasteiger partial charge in [0.15, 0.2) is 0 Å². The maximum atomic E-state index is 6.46. The zero-order valence-corrected chi connectivity index (χ0v) is 14.5. The molecule has 0 aromatic heterocycles. The summed E-state index contributed by atoms with van der Waals surface area (Å²) >= 11 is 12.9. The molecule has 0 bridgehead atoms. The maximum absolute atomic E-state index is 6.46. The lowest BCUT2D eigenvalue weighted by Crippen LogP contribution is -2.59. The number of likely N-dealkylation sites (tertiary alicyclic amines) is 1. The molecule has 1 saturated heterocycles. The minimum absolute atomic E-state index is 0.561. The van der Waals surface area contributed by atoms with Gasteiger partial charge < -0.3 is 0 Å². The summed E-state index contributed by atoms with van der Waals surface area (Å²) < 4.78 is 0. The Labute approximate surface area is 129 Å². The van der Waals surface area contributed by atoms with Gasteiger partial charge in [0, 0.05) is 17.7 Å². The summed E-state index contributed by atoms with van der Waals surface area (Å²) in [4.78, 5) is 2.86. The van der Waals surface area contributed by atoms with E-state index in [1.807, 2.05) is 0 Å². The molecule has 19 heavy (non-hydrogen) atoms. The maximum Gasteiger partial charge on any atom is 0.253 e. The van der Waals surface area contributed by atoms with Crippen molar-refractivity contribution in [1.29, 1.82) is 0 Å². The van der Waals surface area contributed by atoms with E-state index in [1.165, 1.54) is 70.6 Å². The average Bonchev–Trinajstić information content (AvgIpc) is 2.46. The van der Waals surface area contributed by atoms with Crippen LogP contribution in [0, 0.1) is 5.92 Å². The van der Waals surface area contributed by atoms with Crippen molar-refractivity contribution in [3.63, 3.8) is 0 Å². The van der Waals surface area contributed by atoms with Crippen LogP contribution in [0.1, 0.15) is 70.6 Å². The van der Waals surface area contributed by atoms with Crippen LogP contribution in [0.5, 0.6) is 0 Å². The first-order valence-corrected chi connectivity index (χ1v) is 12.5. The van der Waals surface area contributed by atoms with Gasteiger partial charge in [-0.3, -0.25) is 4.90 Å². The molecule has 0 aromatic rings. The van der Waals surface area contributed by atoms with E-state index >= 15 is 0 Å². The van der Waals surface area contributed by atoms with E-state index in [9.17, 15) is 0 Å². The molecule has 2 saturated carbocycles. The molecule has 1 aliphatic heterocycles. The third kappa shape index (κ3) is 3.17. The van der Waals surface area contributed by atoms with E-state index in [0.717, 1.165) is 18.0 Å². The zero-order chi connectivity index (χ0) is 13.2. The average molecular weight is 320 g/mol. The standard InChI is InChI=1S/C15H27Cl2NSi/c16-19(17)15-11-10-12-6-4-5-9-14(12)18(15)13-7-2-1-3-8-13/h12-15,19H,1-11H2. The van der Waals surface area contributed by atoms with Gasteiger partial charge in [-0.15, -0.1) is 22.2 Å². The lowest BCUT2D eigenvalue weighted by atomic mass is 9.76. The van der Waals surface area contributed by atoms with Gasteiger partial charge in [0.25, 0.3) is 7.42 Å². The van der Waals surface area contributed by atoms with Crippen molar-refractivity contribution < 1.29 is 0 Å². The SMILES string of the molecule is Cl[SiH](Cl)C1CCC2CCCCC2N1C1CCCCC1. The van der Waals surface area contributed by atoms with Crippen molar-refractivity contribution in [2.75, 3.05) is 0 Å². The largest absolute Gasteiger partial charge is 0.295 e. The molecule has 0 N–H and O–H groups in total. The van der Waals surface area contributed by atoms with Crippen molar-refractivity contribution in [2.24, 2.45) is 5.92 Å². The molecule has 4 heteroatoms. The molecule has 1 nitrogen and oxygen atoms in total. The molecular weight excluding hydrogens is 293 g/mol. The minimum Gasteiger partial charge on any atom is -0.295 e. The van der Waals surface area contributed by atoms with Crippen LogP contribution in [0.25, 0.3) is 0 Å². The Morgan fingerprint density at radius 1 is 0.737 bits per heavy atom. The Morgan fingerprint density at radius 2 is 1.42 bits per heavy atom. The quantitative estimate of drug-likeness (QED) is 0.532. The Balaban J connectivity index is 1.78. The molecule has 2 aliphatic carbocycles. The van der Waals surface area contributed by atoms with Gasteiger partial charge in [-0.05, 0) is 44.4 Å². The molecule has 0 amide bonds. The van der Waals surface area contributed by atoms with E-state index in [-0.39, 0.29) is 0 Å². The fourth-order valence-electron chi connectivity index (χ4n) is 4.87. The van der Waals surface area contributed by atoms with E-state index in [2.05, 4.69) is 4.90 Å². The van der Waals surface area contributed by atoms with Crippen LogP contribution < -0.4 is 0 Å². The Morgan fingerprint density at radius 3 is 2.16 bits per heavy atom. The summed E-state index contributed by atoms with van der Waals surface area (Å²) in [6.45, 7) is 0. The summed E-state index contributed by atoms with van der Waals surface area (Å²) in [6, 6.07) is 1.63. The predicted octanol–water partition coefficient (Wildman–Crippen LogP) is 4.58. The van der Waals surface area contributed by atoms with E-state index in [0.29, 0.717) is 5.67 Å². The first kappa shape index (κ1) is 14.7. The predicted molar refractivity (Wildman–Crippen MR) is 86.3 cm³/mol. The van der Waals surface area contributed by atoms with Crippen LogP contribution >= 0.6 is 22.2 Å². The van der Waals surface area contributed by atoms with Gasteiger partial charge in [0.2, 0.25) is 0 Å². The van der Waals surface area contributed by atoms with Gasteiger partial charge >= 0.3 is 0 Å². The second-order valence-electron chi connectivity index (χ2n) is 6.83. The van der Waals surface area contributed by atoms with Crippen LogP contribution in [0.4, 0.5) is 0 Å². The highest BCUT2D eigenvalue weighted by Gasteiger charge is 2.44. The second kappa shape index (κ2) is 6.68. The highest BCUT2D eigenvalue weighted by Crippen LogP contribution is 2.42. The van der Waals surface area contributed by atoms with Crippen LogP contribution in [0.3, 0.4) is 0 Å². The zero-order valence-electron chi connectivity index (χ0n) is 11.9. The Kier molecular flexibility index (Phi) is 5.16. The molecule has 3 fully saturated rings. The van der Waals surface area contributed by atoms with Crippen LogP contribution in [0.2, 0.25) is 0 Å². The fraction of sp³-hybridized carbons (Fsp3) is 1.00.